The molecule has 0 aromatic carbocycles. The normalized spacial score (nSPS) is 31.8. The minimum absolute atomic E-state index is 0.0401. The highest BCUT2D eigenvalue weighted by Gasteiger charge is 2.32. The number of ether oxygens (including phenoxy) is 4. The molecule has 0 aromatic rings. The number of carbonyl (C=O) groups is 3. The number of hydrogen-bond acceptors (Lipinski definition) is 11. The van der Waals surface area contributed by atoms with Gasteiger partial charge < -0.3 is 44.5 Å². The van der Waals surface area contributed by atoms with Gasteiger partial charge in [-0.1, -0.05) is 84.1 Å². The van der Waals surface area contributed by atoms with Crippen LogP contribution in [-0.4, -0.2) is 116 Å². The van der Waals surface area contributed by atoms with Gasteiger partial charge in [0.2, 0.25) is 6.41 Å². The van der Waals surface area contributed by atoms with Crippen molar-refractivity contribution >= 4 is 18.3 Å². The summed E-state index contributed by atoms with van der Waals surface area (Å²) in [6, 6.07) is -0.504. The van der Waals surface area contributed by atoms with E-state index in [4.69, 9.17) is 18.9 Å². The van der Waals surface area contributed by atoms with Crippen LogP contribution in [0.5, 0.6) is 0 Å². The van der Waals surface area contributed by atoms with Crippen molar-refractivity contribution in [1.29, 1.82) is 0 Å². The van der Waals surface area contributed by atoms with Gasteiger partial charge in [0.25, 0.3) is 0 Å². The Balaban J connectivity index is 3.34. The van der Waals surface area contributed by atoms with Gasteiger partial charge in [-0.3, -0.25) is 9.59 Å². The molecule has 1 amide bonds. The molecule has 59 heavy (non-hydrogen) atoms. The van der Waals surface area contributed by atoms with Crippen molar-refractivity contribution in [2.75, 3.05) is 28.3 Å². The number of cyclic esters (lactones) is 1. The molecule has 3 unspecified atom stereocenters. The summed E-state index contributed by atoms with van der Waals surface area (Å²) in [5.41, 5.74) is 1.14. The first-order valence-corrected chi connectivity index (χ1v) is 21.6. The van der Waals surface area contributed by atoms with Gasteiger partial charge in [0, 0.05) is 57.7 Å². The quantitative estimate of drug-likeness (QED) is 0.0789. The number of hydrogen-bond donors (Lipinski definition) is 4. The van der Waals surface area contributed by atoms with Crippen molar-refractivity contribution < 1.29 is 48.7 Å². The number of aliphatic hydroxyl groups is 3. The Bertz CT molecular complexity index is 1360. The summed E-state index contributed by atoms with van der Waals surface area (Å²) in [5, 5.41) is 36.5. The second-order valence-electron chi connectivity index (χ2n) is 17.0. The summed E-state index contributed by atoms with van der Waals surface area (Å²) in [5.74, 6) is -1.97. The smallest absolute Gasteiger partial charge is 0.331 e. The second kappa shape index (κ2) is 29.2. The first kappa shape index (κ1) is 53.9. The number of aliphatic hydroxyl groups excluding tert-OH is 3. The minimum atomic E-state index is -0.859. The molecule has 14 atom stereocenters. The van der Waals surface area contributed by atoms with E-state index in [0.717, 1.165) is 31.3 Å². The van der Waals surface area contributed by atoms with E-state index in [1.807, 2.05) is 52.8 Å². The standard InChI is InChI=1S/C47H80N2O10/c1-31-21-22-32(2)41(57-12)25-23-34(4)45(53)36(6)40(51)18-14-13-15-20-44(52)58-43(19-16-17-39(29-31)56-11)37(7)46(54)35(5)24-26-42(59-47(55)38(8)48-9)33(3)27-28-49(10)30-50/h13-17,20,22,27-28,30-31,33-43,45-46,48,51,53-54H,18-19,21,23-26,29H2,1-12H3/b14-13+,17-16+,20-15+,28-27+,32-22+/t31-,33+,34-,35+,36+,37?,38+,39+,40?,41?,42-,43+,45-,46+/m1/s1. The molecule has 0 radical (unpaired) electrons. The first-order valence-electron chi connectivity index (χ1n) is 21.6. The third-order valence-corrected chi connectivity index (χ3v) is 12.1. The molecular weight excluding hydrogens is 753 g/mol. The van der Waals surface area contributed by atoms with Crippen LogP contribution in [0.15, 0.2) is 60.4 Å². The minimum Gasteiger partial charge on any atom is -0.461 e. The van der Waals surface area contributed by atoms with Gasteiger partial charge >= 0.3 is 11.9 Å². The van der Waals surface area contributed by atoms with Crippen molar-refractivity contribution in [3.63, 3.8) is 0 Å². The predicted molar refractivity (Wildman–Crippen MR) is 234 cm³/mol. The van der Waals surface area contributed by atoms with Crippen LogP contribution in [0.25, 0.3) is 0 Å². The number of rotatable bonds is 15. The fourth-order valence-corrected chi connectivity index (χ4v) is 7.26. The summed E-state index contributed by atoms with van der Waals surface area (Å²) in [4.78, 5) is 38.5. The maximum atomic E-state index is 13.2. The molecule has 0 aromatic heterocycles. The molecule has 4 N–H and O–H groups in total. The first-order chi connectivity index (χ1) is 27.9. The lowest BCUT2D eigenvalue weighted by molar-refractivity contribution is -0.153. The number of carbonyl (C=O) groups excluding carboxylic acids is 3. The highest BCUT2D eigenvalue weighted by atomic mass is 16.5. The van der Waals surface area contributed by atoms with Gasteiger partial charge in [-0.2, -0.15) is 0 Å². The van der Waals surface area contributed by atoms with E-state index in [9.17, 15) is 29.7 Å². The Morgan fingerprint density at radius 2 is 1.71 bits per heavy atom. The van der Waals surface area contributed by atoms with Crippen molar-refractivity contribution in [3.05, 3.63) is 60.4 Å². The monoisotopic (exact) mass is 833 g/mol. The van der Waals surface area contributed by atoms with Crippen LogP contribution in [0.4, 0.5) is 0 Å². The summed E-state index contributed by atoms with van der Waals surface area (Å²) < 4.78 is 23.6. The number of amides is 1. The number of nitrogens with zero attached hydrogens (tertiary/aromatic N) is 1. The second-order valence-corrected chi connectivity index (χ2v) is 17.0. The van der Waals surface area contributed by atoms with Gasteiger partial charge in [0.15, 0.2) is 0 Å². The van der Waals surface area contributed by atoms with Crippen LogP contribution in [0, 0.1) is 35.5 Å². The number of allylic oxidation sites excluding steroid dienone is 3. The SMILES string of the molecule is CN[C@@H](C)C(=O)O[C@H](CC[C@H](C)[C@H](O)C(C)[C@@H]1C/C=C/[C@H](OC)C[C@H](C)C/C=C(\C)C(OC)CC[C@@H](C)[C@@H](O)[C@@H](C)C(O)C/C=C/C=C/C(=O)O1)[C@@H](C)/C=C/N(C)C=O. The van der Waals surface area contributed by atoms with E-state index in [1.54, 1.807) is 59.7 Å². The van der Waals surface area contributed by atoms with Crippen LogP contribution >= 0.6 is 0 Å². The molecule has 1 rings (SSSR count). The third kappa shape index (κ3) is 20.3. The number of likely N-dealkylation sites (N-methyl/N-ethyl adjacent to an activating group) is 1. The molecule has 0 fully saturated rings. The number of esters is 2. The van der Waals surface area contributed by atoms with Crippen molar-refractivity contribution in [3.8, 4) is 0 Å². The summed E-state index contributed by atoms with van der Waals surface area (Å²) in [6.07, 6.45) is 17.7. The summed E-state index contributed by atoms with van der Waals surface area (Å²) >= 11 is 0. The fourth-order valence-electron chi connectivity index (χ4n) is 7.26. The van der Waals surface area contributed by atoms with E-state index in [1.165, 1.54) is 11.0 Å². The lowest BCUT2D eigenvalue weighted by Crippen LogP contribution is -2.38. The topological polar surface area (TPSA) is 164 Å². The van der Waals surface area contributed by atoms with Gasteiger partial charge in [-0.15, -0.1) is 0 Å². The molecule has 1 aliphatic heterocycles. The molecule has 1 heterocycles. The molecule has 1 aliphatic rings. The van der Waals surface area contributed by atoms with Crippen LogP contribution in [0.2, 0.25) is 0 Å². The Morgan fingerprint density at radius 3 is 2.34 bits per heavy atom. The van der Waals surface area contributed by atoms with Crippen LogP contribution in [0.1, 0.15) is 107 Å². The van der Waals surface area contributed by atoms with Gasteiger partial charge in [-0.25, -0.2) is 4.79 Å². The number of methoxy groups -OCH3 is 2. The van der Waals surface area contributed by atoms with Crippen molar-refractivity contribution in [1.82, 2.24) is 10.2 Å². The lowest BCUT2D eigenvalue weighted by Gasteiger charge is -2.32. The average molecular weight is 833 g/mol. The van der Waals surface area contributed by atoms with E-state index >= 15 is 0 Å². The molecule has 0 saturated heterocycles. The Morgan fingerprint density at radius 1 is 1.02 bits per heavy atom. The third-order valence-electron chi connectivity index (χ3n) is 12.1. The summed E-state index contributed by atoms with van der Waals surface area (Å²) in [7, 11) is 6.71. The van der Waals surface area contributed by atoms with E-state index < -0.39 is 48.4 Å². The zero-order valence-electron chi connectivity index (χ0n) is 38.2. The number of nitrogens with one attached hydrogen (secondary N) is 1. The molecule has 0 saturated carbocycles. The molecule has 0 aliphatic carbocycles. The van der Waals surface area contributed by atoms with Gasteiger partial charge in [-0.05, 0) is 89.2 Å². The highest BCUT2D eigenvalue weighted by Crippen LogP contribution is 2.29. The van der Waals surface area contributed by atoms with E-state index in [2.05, 4.69) is 25.2 Å². The molecular formula is C47H80N2O10. The molecule has 0 bridgehead atoms. The van der Waals surface area contributed by atoms with Gasteiger partial charge in [0.1, 0.15) is 18.2 Å². The lowest BCUT2D eigenvalue weighted by atomic mass is 9.84. The largest absolute Gasteiger partial charge is 0.461 e. The Hall–Kier alpha value is -3.13. The zero-order valence-corrected chi connectivity index (χ0v) is 38.2. The maximum absolute atomic E-state index is 13.2. The zero-order chi connectivity index (χ0) is 44.7. The Kier molecular flexibility index (Phi) is 26.7. The molecule has 12 heteroatoms. The van der Waals surface area contributed by atoms with E-state index in [-0.39, 0.29) is 41.8 Å². The van der Waals surface area contributed by atoms with Crippen LogP contribution < -0.4 is 5.32 Å². The molecule has 0 spiro atoms. The molecule has 338 valence electrons. The van der Waals surface area contributed by atoms with Gasteiger partial charge in [0.05, 0.1) is 30.5 Å². The Labute approximate surface area is 356 Å². The van der Waals surface area contributed by atoms with Crippen LogP contribution in [0.3, 0.4) is 0 Å². The van der Waals surface area contributed by atoms with Crippen molar-refractivity contribution in [2.45, 2.75) is 156 Å². The van der Waals surface area contributed by atoms with Crippen LogP contribution in [-0.2, 0) is 33.3 Å². The molecule has 12 nitrogen and oxygen atoms in total. The highest BCUT2D eigenvalue weighted by molar-refractivity contribution is 5.82. The predicted octanol–water partition coefficient (Wildman–Crippen LogP) is 6.70. The fraction of sp³-hybridized carbons (Fsp3) is 0.723. The average Bonchev–Trinajstić information content (AvgIpc) is 3.22. The maximum Gasteiger partial charge on any atom is 0.331 e. The van der Waals surface area contributed by atoms with E-state index in [0.29, 0.717) is 38.0 Å². The summed E-state index contributed by atoms with van der Waals surface area (Å²) in [6.45, 7) is 15.6. The van der Waals surface area contributed by atoms with Crippen molar-refractivity contribution in [2.24, 2.45) is 35.5 Å².